The third-order valence-electron chi connectivity index (χ3n) is 4.97. The molecule has 0 unspecified atom stereocenters. The second-order valence-electron chi connectivity index (χ2n) is 7.38. The molecule has 1 saturated carbocycles. The van der Waals surface area contributed by atoms with Gasteiger partial charge in [-0.3, -0.25) is 9.59 Å². The number of rotatable bonds is 3. The van der Waals surface area contributed by atoms with E-state index in [9.17, 15) is 9.59 Å². The zero-order chi connectivity index (χ0) is 18.0. The Morgan fingerprint density at radius 1 is 1.08 bits per heavy atom. The lowest BCUT2D eigenvalue weighted by Crippen LogP contribution is -2.52. The lowest BCUT2D eigenvalue weighted by atomic mass is 9.65. The molecule has 0 bridgehead atoms. The van der Waals surface area contributed by atoms with E-state index in [0.29, 0.717) is 23.4 Å². The Balaban J connectivity index is 1.92. The van der Waals surface area contributed by atoms with E-state index < -0.39 is 0 Å². The normalized spacial score (nSPS) is 22.4. The van der Waals surface area contributed by atoms with E-state index in [1.54, 1.807) is 12.1 Å². The zero-order valence-corrected chi connectivity index (χ0v) is 15.2. The summed E-state index contributed by atoms with van der Waals surface area (Å²) in [5.41, 5.74) is 1.35. The smallest absolute Gasteiger partial charge is 0.251 e. The van der Waals surface area contributed by atoms with Gasteiger partial charge in [0, 0.05) is 35.4 Å². The fraction of sp³-hybridized carbons (Fsp3) is 0.333. The SMILES string of the molecule is CC1(C)CC(=O)C[C@@H](c2ccc(Cl)cc2)[C@@H]1NC(=O)c1ccccc1. The van der Waals surface area contributed by atoms with Crippen LogP contribution >= 0.6 is 11.6 Å². The van der Waals surface area contributed by atoms with Gasteiger partial charge in [-0.1, -0.05) is 55.8 Å². The van der Waals surface area contributed by atoms with E-state index in [4.69, 9.17) is 11.6 Å². The maximum atomic E-state index is 12.7. The molecule has 1 aliphatic rings. The third-order valence-corrected chi connectivity index (χ3v) is 5.22. The number of halogens is 1. The lowest BCUT2D eigenvalue weighted by Gasteiger charge is -2.44. The zero-order valence-electron chi connectivity index (χ0n) is 14.5. The van der Waals surface area contributed by atoms with Crippen LogP contribution < -0.4 is 5.32 Å². The van der Waals surface area contributed by atoms with Gasteiger partial charge in [-0.15, -0.1) is 0 Å². The first-order chi connectivity index (χ1) is 11.9. The topological polar surface area (TPSA) is 46.2 Å². The van der Waals surface area contributed by atoms with Crippen molar-refractivity contribution < 1.29 is 9.59 Å². The number of carbonyl (C=O) groups excluding carboxylic acids is 2. The Hall–Kier alpha value is -2.13. The second kappa shape index (κ2) is 7.01. The molecule has 4 heteroatoms. The van der Waals surface area contributed by atoms with Crippen LogP contribution in [0.5, 0.6) is 0 Å². The van der Waals surface area contributed by atoms with Gasteiger partial charge >= 0.3 is 0 Å². The minimum Gasteiger partial charge on any atom is -0.348 e. The van der Waals surface area contributed by atoms with Crippen molar-refractivity contribution >= 4 is 23.3 Å². The van der Waals surface area contributed by atoms with Crippen LogP contribution in [-0.2, 0) is 4.79 Å². The fourth-order valence-electron chi connectivity index (χ4n) is 3.73. The van der Waals surface area contributed by atoms with Crippen molar-refractivity contribution in [3.05, 3.63) is 70.7 Å². The summed E-state index contributed by atoms with van der Waals surface area (Å²) in [6.07, 6.45) is 0.904. The molecule has 2 aromatic rings. The molecule has 0 aromatic heterocycles. The van der Waals surface area contributed by atoms with E-state index in [1.807, 2.05) is 56.3 Å². The van der Waals surface area contributed by atoms with Gasteiger partial charge < -0.3 is 5.32 Å². The Kier molecular flexibility index (Phi) is 4.96. The highest BCUT2D eigenvalue weighted by Gasteiger charge is 2.43. The largest absolute Gasteiger partial charge is 0.348 e. The number of nitrogens with one attached hydrogen (secondary N) is 1. The van der Waals surface area contributed by atoms with E-state index in [0.717, 1.165) is 5.56 Å². The molecular weight excluding hydrogens is 334 g/mol. The average Bonchev–Trinajstić information content (AvgIpc) is 2.58. The molecule has 25 heavy (non-hydrogen) atoms. The van der Waals surface area contributed by atoms with Crippen molar-refractivity contribution in [1.82, 2.24) is 5.32 Å². The van der Waals surface area contributed by atoms with Crippen LogP contribution in [-0.4, -0.2) is 17.7 Å². The van der Waals surface area contributed by atoms with Gasteiger partial charge in [0.1, 0.15) is 5.78 Å². The minimum absolute atomic E-state index is 0.0545. The van der Waals surface area contributed by atoms with Gasteiger partial charge in [-0.2, -0.15) is 0 Å². The summed E-state index contributed by atoms with van der Waals surface area (Å²) in [7, 11) is 0. The molecule has 1 fully saturated rings. The molecule has 1 aliphatic carbocycles. The highest BCUT2D eigenvalue weighted by molar-refractivity contribution is 6.30. The lowest BCUT2D eigenvalue weighted by molar-refractivity contribution is -0.124. The number of ketones is 1. The molecule has 130 valence electrons. The quantitative estimate of drug-likeness (QED) is 0.873. The maximum absolute atomic E-state index is 12.7. The number of Topliss-reactive ketones (excluding diaryl/α,β-unsaturated/α-hetero) is 1. The second-order valence-corrected chi connectivity index (χ2v) is 7.82. The van der Waals surface area contributed by atoms with Crippen molar-refractivity contribution in [3.63, 3.8) is 0 Å². The van der Waals surface area contributed by atoms with Crippen LogP contribution in [0, 0.1) is 5.41 Å². The first-order valence-corrected chi connectivity index (χ1v) is 8.88. The predicted octanol–water partition coefficient (Wildman–Crippen LogP) is 4.61. The number of amides is 1. The van der Waals surface area contributed by atoms with Crippen LogP contribution in [0.1, 0.15) is 48.5 Å². The van der Waals surface area contributed by atoms with Crippen LogP contribution in [0.4, 0.5) is 0 Å². The third kappa shape index (κ3) is 3.93. The van der Waals surface area contributed by atoms with Crippen LogP contribution in [0.15, 0.2) is 54.6 Å². The van der Waals surface area contributed by atoms with Gasteiger partial charge in [0.25, 0.3) is 5.91 Å². The van der Waals surface area contributed by atoms with Crippen molar-refractivity contribution in [1.29, 1.82) is 0 Å². The average molecular weight is 356 g/mol. The molecule has 0 radical (unpaired) electrons. The molecule has 1 N–H and O–H groups in total. The van der Waals surface area contributed by atoms with Gasteiger partial charge in [0.2, 0.25) is 0 Å². The van der Waals surface area contributed by atoms with E-state index >= 15 is 0 Å². The monoisotopic (exact) mass is 355 g/mol. The van der Waals surface area contributed by atoms with Gasteiger partial charge in [-0.25, -0.2) is 0 Å². The molecule has 0 saturated heterocycles. The first-order valence-electron chi connectivity index (χ1n) is 8.50. The maximum Gasteiger partial charge on any atom is 0.251 e. The molecule has 2 atom stereocenters. The number of benzene rings is 2. The summed E-state index contributed by atoms with van der Waals surface area (Å²) < 4.78 is 0. The predicted molar refractivity (Wildman–Crippen MR) is 99.9 cm³/mol. The fourth-order valence-corrected chi connectivity index (χ4v) is 3.85. The number of hydrogen-bond donors (Lipinski definition) is 1. The summed E-state index contributed by atoms with van der Waals surface area (Å²) in [6, 6.07) is 16.6. The first kappa shape index (κ1) is 17.7. The highest BCUT2D eigenvalue weighted by atomic mass is 35.5. The van der Waals surface area contributed by atoms with E-state index in [1.165, 1.54) is 0 Å². The molecule has 0 spiro atoms. The highest BCUT2D eigenvalue weighted by Crippen LogP contribution is 2.42. The summed E-state index contributed by atoms with van der Waals surface area (Å²) in [5, 5.41) is 3.85. The van der Waals surface area contributed by atoms with Crippen molar-refractivity contribution in [2.75, 3.05) is 0 Å². The van der Waals surface area contributed by atoms with Gasteiger partial charge in [0.05, 0.1) is 0 Å². The number of carbonyl (C=O) groups is 2. The molecule has 3 nitrogen and oxygen atoms in total. The summed E-state index contributed by atoms with van der Waals surface area (Å²) in [6.45, 7) is 4.09. The molecular formula is C21H22ClNO2. The Bertz CT molecular complexity index is 768. The summed E-state index contributed by atoms with van der Waals surface area (Å²) in [4.78, 5) is 25.0. The van der Waals surface area contributed by atoms with Crippen molar-refractivity contribution in [2.45, 2.75) is 38.6 Å². The molecule has 0 heterocycles. The number of hydrogen-bond acceptors (Lipinski definition) is 2. The van der Waals surface area contributed by atoms with E-state index in [2.05, 4.69) is 5.32 Å². The standard InChI is InChI=1S/C21H22ClNO2/c1-21(2)13-17(24)12-18(14-8-10-16(22)11-9-14)19(21)23-20(25)15-6-4-3-5-7-15/h3-11,18-19H,12-13H2,1-2H3,(H,23,25)/t18-,19-/m0/s1. The Morgan fingerprint density at radius 3 is 2.36 bits per heavy atom. The van der Waals surface area contributed by atoms with Crippen molar-refractivity contribution in [3.8, 4) is 0 Å². The van der Waals surface area contributed by atoms with Crippen LogP contribution in [0.25, 0.3) is 0 Å². The van der Waals surface area contributed by atoms with Crippen molar-refractivity contribution in [2.24, 2.45) is 5.41 Å². The van der Waals surface area contributed by atoms with Gasteiger partial charge in [0.15, 0.2) is 0 Å². The van der Waals surface area contributed by atoms with E-state index in [-0.39, 0.29) is 29.1 Å². The molecule has 3 rings (SSSR count). The molecule has 2 aromatic carbocycles. The molecule has 0 aliphatic heterocycles. The summed E-state index contributed by atoms with van der Waals surface area (Å²) in [5.74, 6) is 0.0725. The van der Waals surface area contributed by atoms with Crippen LogP contribution in [0.3, 0.4) is 0 Å². The minimum atomic E-state index is -0.315. The Labute approximate surface area is 153 Å². The van der Waals surface area contributed by atoms with Crippen LogP contribution in [0.2, 0.25) is 5.02 Å². The Morgan fingerprint density at radius 2 is 1.72 bits per heavy atom. The summed E-state index contributed by atoms with van der Waals surface area (Å²) >= 11 is 6.00. The molecule has 1 amide bonds. The van der Waals surface area contributed by atoms with Gasteiger partial charge in [-0.05, 0) is 35.2 Å².